The van der Waals surface area contributed by atoms with Crippen molar-refractivity contribution in [2.75, 3.05) is 13.6 Å². The van der Waals surface area contributed by atoms with Crippen LogP contribution in [0.1, 0.15) is 38.7 Å². The molecule has 1 saturated carbocycles. The molecule has 1 atom stereocenters. The van der Waals surface area contributed by atoms with Crippen molar-refractivity contribution in [2.45, 2.75) is 45.2 Å². The fourth-order valence-electron chi connectivity index (χ4n) is 3.37. The Bertz CT molecular complexity index is 444. The first kappa shape index (κ1) is 14.8. The molecule has 1 fully saturated rings. The first-order valence-corrected chi connectivity index (χ1v) is 7.40. The lowest BCUT2D eigenvalue weighted by Gasteiger charge is -2.39. The Morgan fingerprint density at radius 3 is 2.58 bits per heavy atom. The number of benzene rings is 1. The minimum Gasteiger partial charge on any atom is -0.329 e. The fraction of sp³-hybridized carbons (Fsp3) is 0.625. The van der Waals surface area contributed by atoms with Crippen molar-refractivity contribution in [3.05, 3.63) is 34.9 Å². The van der Waals surface area contributed by atoms with Crippen LogP contribution in [0.2, 0.25) is 5.02 Å². The first-order chi connectivity index (χ1) is 8.87. The number of hydrogen-bond donors (Lipinski definition) is 1. The quantitative estimate of drug-likeness (QED) is 0.912. The summed E-state index contributed by atoms with van der Waals surface area (Å²) < 4.78 is 0. The second-order valence-electron chi connectivity index (χ2n) is 6.76. The summed E-state index contributed by atoms with van der Waals surface area (Å²) in [4.78, 5) is 2.42. The molecule has 2 rings (SSSR count). The molecular formula is C16H25ClN2. The summed E-state index contributed by atoms with van der Waals surface area (Å²) in [6, 6.07) is 8.11. The molecule has 3 heteroatoms. The average Bonchev–Trinajstić information content (AvgIpc) is 2.66. The van der Waals surface area contributed by atoms with Gasteiger partial charge in [-0.1, -0.05) is 37.6 Å². The van der Waals surface area contributed by atoms with Crippen molar-refractivity contribution < 1.29 is 0 Å². The summed E-state index contributed by atoms with van der Waals surface area (Å²) in [7, 11) is 2.19. The van der Waals surface area contributed by atoms with E-state index in [2.05, 4.69) is 31.9 Å². The van der Waals surface area contributed by atoms with Gasteiger partial charge in [0.05, 0.1) is 0 Å². The van der Waals surface area contributed by atoms with Gasteiger partial charge in [-0.2, -0.15) is 0 Å². The van der Waals surface area contributed by atoms with Crippen LogP contribution in [0.3, 0.4) is 0 Å². The Morgan fingerprint density at radius 2 is 2.05 bits per heavy atom. The van der Waals surface area contributed by atoms with Gasteiger partial charge in [0.25, 0.3) is 0 Å². The zero-order valence-electron chi connectivity index (χ0n) is 12.2. The van der Waals surface area contributed by atoms with E-state index in [4.69, 9.17) is 17.3 Å². The van der Waals surface area contributed by atoms with Crippen LogP contribution >= 0.6 is 11.6 Å². The summed E-state index contributed by atoms with van der Waals surface area (Å²) in [6.45, 7) is 6.33. The van der Waals surface area contributed by atoms with Gasteiger partial charge >= 0.3 is 0 Å². The predicted octanol–water partition coefficient (Wildman–Crippen LogP) is 3.68. The van der Waals surface area contributed by atoms with E-state index in [0.717, 1.165) is 18.1 Å². The van der Waals surface area contributed by atoms with Gasteiger partial charge in [-0.05, 0) is 49.4 Å². The van der Waals surface area contributed by atoms with Gasteiger partial charge in [0.2, 0.25) is 0 Å². The molecular weight excluding hydrogens is 256 g/mol. The van der Waals surface area contributed by atoms with Crippen molar-refractivity contribution >= 4 is 11.6 Å². The maximum atomic E-state index is 6.11. The average molecular weight is 281 g/mol. The maximum Gasteiger partial charge on any atom is 0.0409 e. The normalized spacial score (nSPS) is 26.0. The third-order valence-corrected chi connectivity index (χ3v) is 4.81. The van der Waals surface area contributed by atoms with E-state index in [9.17, 15) is 0 Å². The smallest absolute Gasteiger partial charge is 0.0409 e. The molecule has 0 heterocycles. The predicted molar refractivity (Wildman–Crippen MR) is 82.3 cm³/mol. The third-order valence-electron chi connectivity index (χ3n) is 4.57. The molecule has 0 amide bonds. The molecule has 1 unspecified atom stereocenters. The monoisotopic (exact) mass is 280 g/mol. The summed E-state index contributed by atoms with van der Waals surface area (Å²) in [5, 5.41) is 0.805. The molecule has 1 aromatic rings. The molecule has 0 saturated heterocycles. The van der Waals surface area contributed by atoms with Gasteiger partial charge in [-0.3, -0.25) is 4.90 Å². The Hall–Kier alpha value is -0.570. The number of hydrogen-bond acceptors (Lipinski definition) is 2. The molecule has 0 spiro atoms. The zero-order valence-corrected chi connectivity index (χ0v) is 13.0. The summed E-state index contributed by atoms with van der Waals surface area (Å²) in [5.41, 5.74) is 7.91. The van der Waals surface area contributed by atoms with Gasteiger partial charge in [-0.25, -0.2) is 0 Å². The van der Waals surface area contributed by atoms with E-state index < -0.39 is 0 Å². The largest absolute Gasteiger partial charge is 0.329 e. The standard InChI is InChI=1S/C16H25ClN2/c1-15(2)7-8-16(11-15,12-18)19(3)10-13-5-4-6-14(17)9-13/h4-6,9H,7-8,10-12,18H2,1-3H3. The van der Waals surface area contributed by atoms with Gasteiger partial charge in [0.15, 0.2) is 0 Å². The van der Waals surface area contributed by atoms with Crippen molar-refractivity contribution in [3.63, 3.8) is 0 Å². The maximum absolute atomic E-state index is 6.11. The van der Waals surface area contributed by atoms with Gasteiger partial charge in [0, 0.05) is 23.7 Å². The van der Waals surface area contributed by atoms with Crippen LogP contribution in [0.25, 0.3) is 0 Å². The highest BCUT2D eigenvalue weighted by atomic mass is 35.5. The van der Waals surface area contributed by atoms with Gasteiger partial charge < -0.3 is 5.73 Å². The van der Waals surface area contributed by atoms with Crippen molar-refractivity contribution in [1.82, 2.24) is 4.90 Å². The zero-order chi connectivity index (χ0) is 14.1. The molecule has 1 aliphatic rings. The number of halogens is 1. The Balaban J connectivity index is 2.12. The lowest BCUT2D eigenvalue weighted by Crippen LogP contribution is -2.50. The number of nitrogens with two attached hydrogens (primary N) is 1. The molecule has 0 bridgehead atoms. The summed E-state index contributed by atoms with van der Waals surface area (Å²) in [6.07, 6.45) is 3.62. The molecule has 2 nitrogen and oxygen atoms in total. The van der Waals surface area contributed by atoms with E-state index in [1.807, 2.05) is 18.2 Å². The molecule has 0 radical (unpaired) electrons. The van der Waals surface area contributed by atoms with E-state index in [1.54, 1.807) is 0 Å². The van der Waals surface area contributed by atoms with Crippen LogP contribution in [0, 0.1) is 5.41 Å². The van der Waals surface area contributed by atoms with Crippen LogP contribution in [0.4, 0.5) is 0 Å². The SMILES string of the molecule is CN(Cc1cccc(Cl)c1)C1(CN)CCC(C)(C)C1. The third kappa shape index (κ3) is 3.31. The van der Waals surface area contributed by atoms with Crippen LogP contribution < -0.4 is 5.73 Å². The topological polar surface area (TPSA) is 29.3 Å². The summed E-state index contributed by atoms with van der Waals surface area (Å²) in [5.74, 6) is 0. The van der Waals surface area contributed by atoms with Crippen LogP contribution in [-0.2, 0) is 6.54 Å². The minimum absolute atomic E-state index is 0.145. The van der Waals surface area contributed by atoms with Crippen LogP contribution in [-0.4, -0.2) is 24.0 Å². The molecule has 2 N–H and O–H groups in total. The second kappa shape index (κ2) is 5.43. The number of nitrogens with zero attached hydrogens (tertiary/aromatic N) is 1. The number of likely N-dealkylation sites (N-methyl/N-ethyl adjacent to an activating group) is 1. The van der Waals surface area contributed by atoms with Crippen molar-refractivity contribution in [3.8, 4) is 0 Å². The minimum atomic E-state index is 0.145. The molecule has 0 aromatic heterocycles. The molecule has 1 aromatic carbocycles. The Morgan fingerprint density at radius 1 is 1.32 bits per heavy atom. The fourth-order valence-corrected chi connectivity index (χ4v) is 3.58. The highest BCUT2D eigenvalue weighted by molar-refractivity contribution is 6.30. The van der Waals surface area contributed by atoms with Crippen molar-refractivity contribution in [2.24, 2.45) is 11.1 Å². The number of rotatable bonds is 4. The first-order valence-electron chi connectivity index (χ1n) is 7.03. The molecule has 106 valence electrons. The van der Waals surface area contributed by atoms with E-state index in [1.165, 1.54) is 24.8 Å². The lowest BCUT2D eigenvalue weighted by atomic mass is 9.86. The van der Waals surface area contributed by atoms with Gasteiger partial charge in [-0.15, -0.1) is 0 Å². The molecule has 1 aliphatic carbocycles. The second-order valence-corrected chi connectivity index (χ2v) is 7.19. The van der Waals surface area contributed by atoms with E-state index in [-0.39, 0.29) is 5.54 Å². The summed E-state index contributed by atoms with van der Waals surface area (Å²) >= 11 is 6.06. The highest BCUT2D eigenvalue weighted by Gasteiger charge is 2.44. The highest BCUT2D eigenvalue weighted by Crippen LogP contribution is 2.46. The lowest BCUT2D eigenvalue weighted by molar-refractivity contribution is 0.111. The van der Waals surface area contributed by atoms with Crippen LogP contribution in [0.15, 0.2) is 24.3 Å². The molecule has 19 heavy (non-hydrogen) atoms. The Labute approximate surface area is 121 Å². The van der Waals surface area contributed by atoms with Crippen molar-refractivity contribution in [1.29, 1.82) is 0 Å². The van der Waals surface area contributed by atoms with Gasteiger partial charge in [0.1, 0.15) is 0 Å². The molecule has 0 aliphatic heterocycles. The Kier molecular flexibility index (Phi) is 4.24. The van der Waals surface area contributed by atoms with Crippen LogP contribution in [0.5, 0.6) is 0 Å². The van der Waals surface area contributed by atoms with E-state index >= 15 is 0 Å². The van der Waals surface area contributed by atoms with E-state index in [0.29, 0.717) is 5.41 Å².